The third-order valence-corrected chi connectivity index (χ3v) is 2.21. The number of para-hydroxylation sites is 1. The quantitative estimate of drug-likeness (QED) is 0.745. The molecule has 0 spiro atoms. The van der Waals surface area contributed by atoms with Gasteiger partial charge in [0.05, 0.1) is 17.4 Å². The fourth-order valence-electron chi connectivity index (χ4n) is 1.55. The normalized spacial score (nSPS) is 10.9. The molecule has 1 aromatic carbocycles. The molecule has 0 fully saturated rings. The number of hydrogen-bond acceptors (Lipinski definition) is 2. The van der Waals surface area contributed by atoms with Gasteiger partial charge in [-0.2, -0.15) is 0 Å². The van der Waals surface area contributed by atoms with Crippen molar-refractivity contribution < 1.29 is 0 Å². The number of fused-ring (bicyclic) bond motifs is 1. The van der Waals surface area contributed by atoms with E-state index in [1.165, 1.54) is 11.1 Å². The van der Waals surface area contributed by atoms with Crippen molar-refractivity contribution in [2.75, 3.05) is 7.05 Å². The van der Waals surface area contributed by atoms with Gasteiger partial charge in [0.2, 0.25) is 0 Å². The van der Waals surface area contributed by atoms with Crippen LogP contribution in [0.3, 0.4) is 0 Å². The number of imidazole rings is 1. The van der Waals surface area contributed by atoms with Crippen LogP contribution in [0.2, 0.25) is 0 Å². The molecule has 0 aliphatic rings. The number of nitrogens with one attached hydrogen (secondary N) is 1. The Hall–Kier alpha value is -1.35. The van der Waals surface area contributed by atoms with Crippen molar-refractivity contribution in [2.45, 2.75) is 6.54 Å². The fourth-order valence-corrected chi connectivity index (χ4v) is 1.55. The second kappa shape index (κ2) is 3.18. The third-order valence-electron chi connectivity index (χ3n) is 2.21. The average Bonchev–Trinajstić information content (AvgIpc) is 2.50. The largest absolute Gasteiger partial charge is 0.334 e. The van der Waals surface area contributed by atoms with Gasteiger partial charge in [-0.1, -0.05) is 12.1 Å². The van der Waals surface area contributed by atoms with E-state index in [-0.39, 0.29) is 0 Å². The summed E-state index contributed by atoms with van der Waals surface area (Å²) < 4.78 is 2.04. The number of rotatable bonds is 2. The van der Waals surface area contributed by atoms with Crippen LogP contribution in [0.5, 0.6) is 0 Å². The van der Waals surface area contributed by atoms with Gasteiger partial charge in [-0.3, -0.25) is 0 Å². The van der Waals surface area contributed by atoms with Crippen LogP contribution in [0.15, 0.2) is 24.5 Å². The van der Waals surface area contributed by atoms with Crippen LogP contribution in [-0.4, -0.2) is 16.6 Å². The molecule has 3 nitrogen and oxygen atoms in total. The van der Waals surface area contributed by atoms with Crippen molar-refractivity contribution in [2.24, 2.45) is 7.05 Å². The molecule has 13 heavy (non-hydrogen) atoms. The lowest BCUT2D eigenvalue weighted by molar-refractivity contribution is 0.822. The van der Waals surface area contributed by atoms with Gasteiger partial charge in [0.25, 0.3) is 0 Å². The standard InChI is InChI=1S/C10H13N3/c1-11-6-8-4-3-5-9-10(8)12-7-13(9)2/h3-5,7,11H,6H2,1-2H3. The van der Waals surface area contributed by atoms with Gasteiger partial charge in [0.1, 0.15) is 0 Å². The number of nitrogens with zero attached hydrogens (tertiary/aromatic N) is 2. The molecule has 0 aliphatic carbocycles. The maximum absolute atomic E-state index is 4.36. The van der Waals surface area contributed by atoms with E-state index >= 15 is 0 Å². The van der Waals surface area contributed by atoms with Gasteiger partial charge >= 0.3 is 0 Å². The van der Waals surface area contributed by atoms with Crippen LogP contribution in [0, 0.1) is 0 Å². The summed E-state index contributed by atoms with van der Waals surface area (Å²) in [6.07, 6.45) is 1.85. The van der Waals surface area contributed by atoms with E-state index in [2.05, 4.69) is 28.5 Å². The first-order chi connectivity index (χ1) is 6.33. The van der Waals surface area contributed by atoms with Crippen molar-refractivity contribution in [3.63, 3.8) is 0 Å². The highest BCUT2D eigenvalue weighted by Gasteiger charge is 2.03. The molecule has 0 amide bonds. The van der Waals surface area contributed by atoms with Gasteiger partial charge in [0.15, 0.2) is 0 Å². The molecule has 3 heteroatoms. The monoisotopic (exact) mass is 175 g/mol. The van der Waals surface area contributed by atoms with Crippen LogP contribution < -0.4 is 5.32 Å². The van der Waals surface area contributed by atoms with Crippen LogP contribution in [0.25, 0.3) is 11.0 Å². The first kappa shape index (κ1) is 8.26. The Balaban J connectivity index is 2.63. The van der Waals surface area contributed by atoms with E-state index in [9.17, 15) is 0 Å². The summed E-state index contributed by atoms with van der Waals surface area (Å²) in [6, 6.07) is 6.25. The smallest absolute Gasteiger partial charge is 0.0955 e. The molecule has 1 aromatic heterocycles. The first-order valence-electron chi connectivity index (χ1n) is 4.36. The van der Waals surface area contributed by atoms with E-state index in [0.29, 0.717) is 0 Å². The van der Waals surface area contributed by atoms with Crippen molar-refractivity contribution >= 4 is 11.0 Å². The number of hydrogen-bond donors (Lipinski definition) is 1. The zero-order valence-electron chi connectivity index (χ0n) is 7.91. The Morgan fingerprint density at radius 2 is 2.31 bits per heavy atom. The molecule has 2 rings (SSSR count). The van der Waals surface area contributed by atoms with Crippen molar-refractivity contribution in [1.82, 2.24) is 14.9 Å². The molecule has 68 valence electrons. The van der Waals surface area contributed by atoms with Crippen molar-refractivity contribution in [1.29, 1.82) is 0 Å². The second-order valence-corrected chi connectivity index (χ2v) is 3.17. The molecule has 0 unspecified atom stereocenters. The van der Waals surface area contributed by atoms with E-state index in [0.717, 1.165) is 12.1 Å². The second-order valence-electron chi connectivity index (χ2n) is 3.17. The van der Waals surface area contributed by atoms with Crippen LogP contribution >= 0.6 is 0 Å². The molecule has 0 atom stereocenters. The Morgan fingerprint density at radius 1 is 1.46 bits per heavy atom. The average molecular weight is 175 g/mol. The summed E-state index contributed by atoms with van der Waals surface area (Å²) in [5.74, 6) is 0. The Kier molecular flexibility index (Phi) is 2.02. The molecule has 0 radical (unpaired) electrons. The van der Waals surface area contributed by atoms with E-state index in [4.69, 9.17) is 0 Å². The Bertz CT molecular complexity index is 417. The molecule has 0 bridgehead atoms. The molecule has 0 saturated heterocycles. The lowest BCUT2D eigenvalue weighted by Gasteiger charge is -2.01. The van der Waals surface area contributed by atoms with Gasteiger partial charge < -0.3 is 9.88 Å². The fraction of sp³-hybridized carbons (Fsp3) is 0.300. The highest BCUT2D eigenvalue weighted by atomic mass is 15.0. The van der Waals surface area contributed by atoms with Crippen LogP contribution in [-0.2, 0) is 13.6 Å². The van der Waals surface area contributed by atoms with Gasteiger partial charge in [0, 0.05) is 13.6 Å². The van der Waals surface area contributed by atoms with Crippen molar-refractivity contribution in [3.05, 3.63) is 30.1 Å². The van der Waals surface area contributed by atoms with E-state index in [1.807, 2.05) is 25.0 Å². The van der Waals surface area contributed by atoms with E-state index in [1.54, 1.807) is 0 Å². The Morgan fingerprint density at radius 3 is 3.08 bits per heavy atom. The summed E-state index contributed by atoms with van der Waals surface area (Å²) in [5.41, 5.74) is 3.53. The Labute approximate surface area is 77.4 Å². The molecule has 2 aromatic rings. The zero-order valence-corrected chi connectivity index (χ0v) is 7.91. The topological polar surface area (TPSA) is 29.9 Å². The van der Waals surface area contributed by atoms with Crippen molar-refractivity contribution in [3.8, 4) is 0 Å². The lowest BCUT2D eigenvalue weighted by Crippen LogP contribution is -2.05. The summed E-state index contributed by atoms with van der Waals surface area (Å²) in [4.78, 5) is 4.36. The zero-order chi connectivity index (χ0) is 9.26. The summed E-state index contributed by atoms with van der Waals surface area (Å²) in [7, 11) is 3.96. The molecule has 0 aliphatic heterocycles. The highest BCUT2D eigenvalue weighted by molar-refractivity contribution is 5.78. The third kappa shape index (κ3) is 1.31. The summed E-state index contributed by atoms with van der Waals surface area (Å²) in [5, 5.41) is 3.14. The molecular formula is C10H13N3. The maximum Gasteiger partial charge on any atom is 0.0955 e. The molecular weight excluding hydrogens is 162 g/mol. The number of benzene rings is 1. The summed E-state index contributed by atoms with van der Waals surface area (Å²) in [6.45, 7) is 0.869. The van der Waals surface area contributed by atoms with Crippen LogP contribution in [0.4, 0.5) is 0 Å². The predicted molar refractivity (Wildman–Crippen MR) is 53.5 cm³/mol. The minimum Gasteiger partial charge on any atom is -0.334 e. The van der Waals surface area contributed by atoms with Gasteiger partial charge in [-0.25, -0.2) is 4.98 Å². The van der Waals surface area contributed by atoms with Gasteiger partial charge in [-0.15, -0.1) is 0 Å². The maximum atomic E-state index is 4.36. The first-order valence-corrected chi connectivity index (χ1v) is 4.36. The number of aryl methyl sites for hydroxylation is 1. The minimum absolute atomic E-state index is 0.869. The molecule has 1 heterocycles. The van der Waals surface area contributed by atoms with Gasteiger partial charge in [-0.05, 0) is 18.7 Å². The van der Waals surface area contributed by atoms with E-state index < -0.39 is 0 Å². The minimum atomic E-state index is 0.869. The molecule has 1 N–H and O–H groups in total. The highest BCUT2D eigenvalue weighted by Crippen LogP contribution is 2.15. The predicted octanol–water partition coefficient (Wildman–Crippen LogP) is 1.29. The summed E-state index contributed by atoms with van der Waals surface area (Å²) >= 11 is 0. The molecule has 0 saturated carbocycles. The number of aromatic nitrogens is 2. The lowest BCUT2D eigenvalue weighted by atomic mass is 10.2. The van der Waals surface area contributed by atoms with Crippen LogP contribution in [0.1, 0.15) is 5.56 Å². The SMILES string of the molecule is CNCc1cccc2c1ncn2C.